The van der Waals surface area contributed by atoms with Gasteiger partial charge in [-0.3, -0.25) is 4.79 Å². The Morgan fingerprint density at radius 1 is 1.19 bits per heavy atom. The highest BCUT2D eigenvalue weighted by atomic mass is 32.2. The second kappa shape index (κ2) is 6.46. The molecule has 3 rings (SSSR count). The van der Waals surface area contributed by atoms with E-state index >= 15 is 0 Å². The Bertz CT molecular complexity index is 634. The molecule has 21 heavy (non-hydrogen) atoms. The fourth-order valence-electron chi connectivity index (χ4n) is 2.57. The number of fused-ring (bicyclic) bond motifs is 1. The summed E-state index contributed by atoms with van der Waals surface area (Å²) in [4.78, 5) is 12.4. The number of ether oxygens (including phenoxy) is 1. The number of hydrogen-bond donors (Lipinski definition) is 0. The van der Waals surface area contributed by atoms with Crippen molar-refractivity contribution in [2.75, 3.05) is 12.4 Å². The van der Waals surface area contributed by atoms with Crippen LogP contribution in [0.1, 0.15) is 34.5 Å². The van der Waals surface area contributed by atoms with Gasteiger partial charge in [-0.05, 0) is 36.6 Å². The normalized spacial score (nSPS) is 17.3. The molecule has 0 fully saturated rings. The third-order valence-corrected chi connectivity index (χ3v) is 4.83. The lowest BCUT2D eigenvalue weighted by Crippen LogP contribution is -2.17. The molecule has 1 atom stereocenters. The zero-order valence-corrected chi connectivity index (χ0v) is 12.9. The molecule has 0 saturated heterocycles. The molecule has 0 radical (unpaired) electrons. The largest absolute Gasteiger partial charge is 0.372 e. The molecule has 3 heteroatoms. The fraction of sp³-hybridized carbons (Fsp3) is 0.278. The van der Waals surface area contributed by atoms with Gasteiger partial charge in [0, 0.05) is 16.2 Å². The van der Waals surface area contributed by atoms with Crippen LogP contribution in [0.25, 0.3) is 0 Å². The quantitative estimate of drug-likeness (QED) is 0.622. The van der Waals surface area contributed by atoms with Gasteiger partial charge in [0.15, 0.2) is 5.78 Å². The molecule has 0 saturated carbocycles. The van der Waals surface area contributed by atoms with E-state index in [9.17, 15) is 4.79 Å². The van der Waals surface area contributed by atoms with Crippen molar-refractivity contribution in [1.82, 2.24) is 0 Å². The highest BCUT2D eigenvalue weighted by Gasteiger charge is 2.20. The summed E-state index contributed by atoms with van der Waals surface area (Å²) < 4.78 is 5.91. The monoisotopic (exact) mass is 298 g/mol. The van der Waals surface area contributed by atoms with Crippen LogP contribution in [0.4, 0.5) is 0 Å². The average molecular weight is 298 g/mol. The number of rotatable bonds is 4. The van der Waals surface area contributed by atoms with Crippen molar-refractivity contribution in [2.45, 2.75) is 24.3 Å². The van der Waals surface area contributed by atoms with Crippen molar-refractivity contribution in [2.24, 2.45) is 0 Å². The van der Waals surface area contributed by atoms with Crippen molar-refractivity contribution in [3.63, 3.8) is 0 Å². The molecule has 2 nitrogen and oxygen atoms in total. The van der Waals surface area contributed by atoms with Crippen LogP contribution in [-0.4, -0.2) is 18.1 Å². The van der Waals surface area contributed by atoms with Crippen molar-refractivity contribution in [1.29, 1.82) is 0 Å². The average Bonchev–Trinajstić information content (AvgIpc) is 2.53. The maximum atomic E-state index is 11.3. The van der Waals surface area contributed by atoms with Crippen LogP contribution in [0, 0.1) is 0 Å². The summed E-state index contributed by atoms with van der Waals surface area (Å²) in [5, 5.41) is 0. The molecule has 1 heterocycles. The zero-order chi connectivity index (χ0) is 14.7. The maximum absolute atomic E-state index is 11.3. The summed E-state index contributed by atoms with van der Waals surface area (Å²) in [5.74, 6) is 1.01. The second-order valence-corrected chi connectivity index (χ2v) is 6.29. The van der Waals surface area contributed by atoms with Gasteiger partial charge in [-0.25, -0.2) is 0 Å². The fourth-order valence-corrected chi connectivity index (χ4v) is 3.52. The molecule has 108 valence electrons. The molecule has 0 N–H and O–H groups in total. The van der Waals surface area contributed by atoms with Gasteiger partial charge in [-0.1, -0.05) is 36.4 Å². The van der Waals surface area contributed by atoms with Gasteiger partial charge in [0.1, 0.15) is 0 Å². The first-order valence-electron chi connectivity index (χ1n) is 7.17. The molecule has 0 spiro atoms. The highest BCUT2D eigenvalue weighted by Crippen LogP contribution is 2.32. The Balaban J connectivity index is 1.67. The van der Waals surface area contributed by atoms with E-state index in [1.54, 1.807) is 18.7 Å². The van der Waals surface area contributed by atoms with Gasteiger partial charge in [0.25, 0.3) is 0 Å². The minimum Gasteiger partial charge on any atom is -0.372 e. The molecule has 0 aromatic heterocycles. The van der Waals surface area contributed by atoms with Crippen LogP contribution in [0.2, 0.25) is 0 Å². The Hall–Kier alpha value is -1.58. The second-order valence-electron chi connectivity index (χ2n) is 5.20. The third-order valence-electron chi connectivity index (χ3n) is 3.75. The van der Waals surface area contributed by atoms with Gasteiger partial charge in [-0.2, -0.15) is 0 Å². The molecule has 0 bridgehead atoms. The smallest absolute Gasteiger partial charge is 0.159 e. The summed E-state index contributed by atoms with van der Waals surface area (Å²) in [5.41, 5.74) is 3.48. The van der Waals surface area contributed by atoms with Gasteiger partial charge in [0.2, 0.25) is 0 Å². The topological polar surface area (TPSA) is 26.3 Å². The number of benzene rings is 2. The number of carbonyl (C=O) groups is 1. The summed E-state index contributed by atoms with van der Waals surface area (Å²) in [6, 6.07) is 16.3. The molecule has 1 aliphatic heterocycles. The molecule has 2 aromatic rings. The van der Waals surface area contributed by atoms with Crippen molar-refractivity contribution >= 4 is 17.5 Å². The third kappa shape index (κ3) is 3.36. The summed E-state index contributed by atoms with van der Waals surface area (Å²) in [6.45, 7) is 2.39. The number of Topliss-reactive ketones (excluding diaryl/α,β-unsaturated/α-hetero) is 1. The van der Waals surface area contributed by atoms with Gasteiger partial charge >= 0.3 is 0 Å². The van der Waals surface area contributed by atoms with Crippen LogP contribution in [0.5, 0.6) is 0 Å². The van der Waals surface area contributed by atoms with Crippen molar-refractivity contribution < 1.29 is 9.53 Å². The van der Waals surface area contributed by atoms with E-state index in [0.717, 1.165) is 24.3 Å². The molecular weight excluding hydrogens is 280 g/mol. The SMILES string of the molecule is CC(=O)c1ccc(SCC2OCCc3ccccc32)cc1. The first-order valence-corrected chi connectivity index (χ1v) is 8.16. The van der Waals surface area contributed by atoms with Crippen LogP contribution in [0.15, 0.2) is 53.4 Å². The van der Waals surface area contributed by atoms with E-state index in [2.05, 4.69) is 24.3 Å². The van der Waals surface area contributed by atoms with Crippen LogP contribution in [0.3, 0.4) is 0 Å². The van der Waals surface area contributed by atoms with E-state index in [1.165, 1.54) is 16.0 Å². The number of hydrogen-bond acceptors (Lipinski definition) is 3. The van der Waals surface area contributed by atoms with E-state index in [0.29, 0.717) is 0 Å². The standard InChI is InChI=1S/C18H18O2S/c1-13(19)14-6-8-16(9-7-14)21-12-18-17-5-3-2-4-15(17)10-11-20-18/h2-9,18H,10-12H2,1H3. The Morgan fingerprint density at radius 3 is 2.71 bits per heavy atom. The molecule has 1 unspecified atom stereocenters. The summed E-state index contributed by atoms with van der Waals surface area (Å²) >= 11 is 1.77. The maximum Gasteiger partial charge on any atom is 0.159 e. The van der Waals surface area contributed by atoms with Crippen LogP contribution in [-0.2, 0) is 11.2 Å². The molecule has 2 aromatic carbocycles. The highest BCUT2D eigenvalue weighted by molar-refractivity contribution is 7.99. The number of thioether (sulfide) groups is 1. The summed E-state index contributed by atoms with van der Waals surface area (Å²) in [7, 11) is 0. The Morgan fingerprint density at radius 2 is 1.95 bits per heavy atom. The van der Waals surface area contributed by atoms with E-state index < -0.39 is 0 Å². The number of ketones is 1. The predicted octanol–water partition coefficient (Wildman–Crippen LogP) is 4.30. The molecule has 1 aliphatic rings. The lowest BCUT2D eigenvalue weighted by atomic mass is 9.99. The molecule has 0 amide bonds. The van der Waals surface area contributed by atoms with Crippen molar-refractivity contribution in [3.05, 3.63) is 65.2 Å². The lowest BCUT2D eigenvalue weighted by molar-refractivity contribution is 0.0588. The lowest BCUT2D eigenvalue weighted by Gasteiger charge is -2.25. The molecular formula is C18H18O2S. The number of carbonyl (C=O) groups excluding carboxylic acids is 1. The van der Waals surface area contributed by atoms with Gasteiger partial charge < -0.3 is 4.74 Å². The minimum atomic E-state index is 0.107. The first kappa shape index (κ1) is 14.4. The van der Waals surface area contributed by atoms with Gasteiger partial charge in [0.05, 0.1) is 12.7 Å². The van der Waals surface area contributed by atoms with Crippen molar-refractivity contribution in [3.8, 4) is 0 Å². The zero-order valence-electron chi connectivity index (χ0n) is 12.0. The molecule has 0 aliphatic carbocycles. The minimum absolute atomic E-state index is 0.107. The van der Waals surface area contributed by atoms with Crippen LogP contribution < -0.4 is 0 Å². The predicted molar refractivity (Wildman–Crippen MR) is 86.0 cm³/mol. The Labute approximate surface area is 129 Å². The first-order chi connectivity index (χ1) is 10.2. The van der Waals surface area contributed by atoms with E-state index in [1.807, 2.05) is 24.3 Å². The van der Waals surface area contributed by atoms with E-state index in [-0.39, 0.29) is 11.9 Å². The van der Waals surface area contributed by atoms with E-state index in [4.69, 9.17) is 4.74 Å². The summed E-state index contributed by atoms with van der Waals surface area (Å²) in [6.07, 6.45) is 1.16. The Kier molecular flexibility index (Phi) is 4.42. The van der Waals surface area contributed by atoms with Gasteiger partial charge in [-0.15, -0.1) is 11.8 Å². The van der Waals surface area contributed by atoms with Crippen LogP contribution >= 0.6 is 11.8 Å².